The molecule has 6 nitrogen and oxygen atoms in total. The fraction of sp³-hybridized carbons (Fsp3) is 0.467. The zero-order valence-electron chi connectivity index (χ0n) is 12.0. The maximum atomic E-state index is 12.4. The van der Waals surface area contributed by atoms with Gasteiger partial charge in [0.1, 0.15) is 0 Å². The van der Waals surface area contributed by atoms with Crippen molar-refractivity contribution in [3.05, 3.63) is 35.9 Å². The summed E-state index contributed by atoms with van der Waals surface area (Å²) < 4.78 is 5.34. The molecule has 0 saturated carbocycles. The Labute approximate surface area is 124 Å². The molecule has 0 aliphatic carbocycles. The highest BCUT2D eigenvalue weighted by Crippen LogP contribution is 2.08. The topological polar surface area (TPSA) is 84.7 Å². The molecule has 1 aromatic carbocycles. The van der Waals surface area contributed by atoms with Crippen LogP contribution < -0.4 is 11.1 Å². The van der Waals surface area contributed by atoms with Gasteiger partial charge in [-0.2, -0.15) is 0 Å². The van der Waals surface area contributed by atoms with E-state index < -0.39 is 5.91 Å². The Hall–Kier alpha value is -1.92. The number of benzene rings is 1. The van der Waals surface area contributed by atoms with Gasteiger partial charge in [0.25, 0.3) is 0 Å². The van der Waals surface area contributed by atoms with Crippen LogP contribution in [0, 0.1) is 0 Å². The van der Waals surface area contributed by atoms with Gasteiger partial charge in [-0.3, -0.25) is 9.59 Å². The van der Waals surface area contributed by atoms with Crippen molar-refractivity contribution in [1.82, 2.24) is 10.2 Å². The number of hydrogen-bond donors (Lipinski definition) is 2. The second kappa shape index (κ2) is 7.75. The lowest BCUT2D eigenvalue weighted by Crippen LogP contribution is -2.46. The molecule has 3 N–H and O–H groups in total. The number of nitrogens with one attached hydrogen (secondary N) is 1. The van der Waals surface area contributed by atoms with Crippen molar-refractivity contribution in [3.8, 4) is 0 Å². The van der Waals surface area contributed by atoms with Gasteiger partial charge in [0.05, 0.1) is 19.8 Å². The molecule has 21 heavy (non-hydrogen) atoms. The number of amides is 2. The number of ether oxygens (including phenoxy) is 1. The second-order valence-corrected chi connectivity index (χ2v) is 5.13. The van der Waals surface area contributed by atoms with Crippen LogP contribution in [0.15, 0.2) is 30.3 Å². The van der Waals surface area contributed by atoms with E-state index in [4.69, 9.17) is 10.5 Å². The summed E-state index contributed by atoms with van der Waals surface area (Å²) in [4.78, 5) is 25.1. The summed E-state index contributed by atoms with van der Waals surface area (Å²) in [6.07, 6.45) is 0.306. The summed E-state index contributed by atoms with van der Waals surface area (Å²) in [6, 6.07) is 9.55. The summed E-state index contributed by atoms with van der Waals surface area (Å²) >= 11 is 0. The molecule has 0 bridgehead atoms. The predicted octanol–water partition coefficient (Wildman–Crippen LogP) is -0.121. The Morgan fingerprint density at radius 1 is 1.33 bits per heavy atom. The van der Waals surface area contributed by atoms with Crippen molar-refractivity contribution >= 4 is 11.8 Å². The highest BCUT2D eigenvalue weighted by atomic mass is 16.5. The first kappa shape index (κ1) is 15.5. The summed E-state index contributed by atoms with van der Waals surface area (Å²) in [5.74, 6) is -0.604. The highest BCUT2D eigenvalue weighted by molar-refractivity contribution is 5.84. The van der Waals surface area contributed by atoms with Gasteiger partial charge in [-0.15, -0.1) is 0 Å². The van der Waals surface area contributed by atoms with Crippen molar-refractivity contribution < 1.29 is 14.3 Å². The molecule has 6 heteroatoms. The number of primary amides is 1. The summed E-state index contributed by atoms with van der Waals surface area (Å²) in [5, 5.41) is 3.23. The summed E-state index contributed by atoms with van der Waals surface area (Å²) in [7, 11) is 0. The van der Waals surface area contributed by atoms with E-state index in [1.165, 1.54) is 4.90 Å². The third-order valence-corrected chi connectivity index (χ3v) is 3.34. The number of nitrogens with zero attached hydrogens (tertiary/aromatic N) is 1. The number of morpholine rings is 1. The average Bonchev–Trinajstić information content (AvgIpc) is 2.48. The predicted molar refractivity (Wildman–Crippen MR) is 78.3 cm³/mol. The van der Waals surface area contributed by atoms with E-state index in [0.717, 1.165) is 12.1 Å². The van der Waals surface area contributed by atoms with Gasteiger partial charge in [-0.05, 0) is 5.56 Å². The largest absolute Gasteiger partial charge is 0.378 e. The molecule has 1 fully saturated rings. The van der Waals surface area contributed by atoms with Crippen LogP contribution in [0.3, 0.4) is 0 Å². The first-order valence-corrected chi connectivity index (χ1v) is 7.06. The molecule has 0 spiro atoms. The highest BCUT2D eigenvalue weighted by Gasteiger charge is 2.22. The van der Waals surface area contributed by atoms with Crippen LogP contribution in [0.25, 0.3) is 0 Å². The minimum absolute atomic E-state index is 0.00241. The van der Waals surface area contributed by atoms with Gasteiger partial charge in [0.15, 0.2) is 0 Å². The van der Waals surface area contributed by atoms with E-state index in [-0.39, 0.29) is 18.5 Å². The molecule has 1 atom stereocenters. The number of nitrogens with two attached hydrogens (primary N) is 1. The molecule has 0 aromatic heterocycles. The standard InChI is InChI=1S/C15H21N3O3/c16-14(19)10-18(9-12-4-2-1-3-5-12)15(20)8-13-11-21-7-6-17-13/h1-5,13,17H,6-11H2,(H2,16,19). The van der Waals surface area contributed by atoms with Crippen molar-refractivity contribution in [1.29, 1.82) is 0 Å². The summed E-state index contributed by atoms with van der Waals surface area (Å²) in [5.41, 5.74) is 6.22. The number of carbonyl (C=O) groups is 2. The van der Waals surface area contributed by atoms with E-state index >= 15 is 0 Å². The molecule has 114 valence electrons. The van der Waals surface area contributed by atoms with Crippen LogP contribution in [0.2, 0.25) is 0 Å². The molecule has 2 rings (SSSR count). The smallest absolute Gasteiger partial charge is 0.237 e. The lowest BCUT2D eigenvalue weighted by Gasteiger charge is -2.27. The molecular weight excluding hydrogens is 270 g/mol. The van der Waals surface area contributed by atoms with Crippen LogP contribution in [0.5, 0.6) is 0 Å². The zero-order chi connectivity index (χ0) is 15.1. The molecule has 1 saturated heterocycles. The molecule has 1 aromatic rings. The van der Waals surface area contributed by atoms with Gasteiger partial charge in [0.2, 0.25) is 11.8 Å². The van der Waals surface area contributed by atoms with Crippen molar-refractivity contribution in [2.45, 2.75) is 19.0 Å². The van der Waals surface area contributed by atoms with Crippen molar-refractivity contribution in [2.24, 2.45) is 5.73 Å². The first-order chi connectivity index (χ1) is 10.1. The quantitative estimate of drug-likeness (QED) is 0.765. The van der Waals surface area contributed by atoms with Crippen LogP contribution >= 0.6 is 0 Å². The third kappa shape index (κ3) is 5.17. The van der Waals surface area contributed by atoms with Gasteiger partial charge >= 0.3 is 0 Å². The molecule has 2 amide bonds. The van der Waals surface area contributed by atoms with Gasteiger partial charge in [-0.25, -0.2) is 0 Å². The minimum Gasteiger partial charge on any atom is -0.378 e. The van der Waals surface area contributed by atoms with E-state index in [9.17, 15) is 9.59 Å². The minimum atomic E-state index is -0.507. The Morgan fingerprint density at radius 2 is 2.10 bits per heavy atom. The monoisotopic (exact) mass is 291 g/mol. The molecule has 0 radical (unpaired) electrons. The average molecular weight is 291 g/mol. The normalized spacial score (nSPS) is 18.2. The van der Waals surface area contributed by atoms with Crippen LogP contribution in [-0.4, -0.2) is 49.1 Å². The molecule has 1 unspecified atom stereocenters. The first-order valence-electron chi connectivity index (χ1n) is 7.06. The van der Waals surface area contributed by atoms with Gasteiger partial charge < -0.3 is 20.7 Å². The summed E-state index contributed by atoms with van der Waals surface area (Å²) in [6.45, 7) is 2.24. The third-order valence-electron chi connectivity index (χ3n) is 3.34. The lowest BCUT2D eigenvalue weighted by molar-refractivity contribution is -0.136. The fourth-order valence-corrected chi connectivity index (χ4v) is 2.31. The molecule has 1 aliphatic rings. The Kier molecular flexibility index (Phi) is 5.71. The Bertz CT molecular complexity index is 472. The fourth-order valence-electron chi connectivity index (χ4n) is 2.31. The van der Waals surface area contributed by atoms with E-state index in [2.05, 4.69) is 5.32 Å². The molecule has 1 aliphatic heterocycles. The van der Waals surface area contributed by atoms with E-state index in [0.29, 0.717) is 26.2 Å². The van der Waals surface area contributed by atoms with Crippen molar-refractivity contribution in [2.75, 3.05) is 26.3 Å². The number of carbonyl (C=O) groups excluding carboxylic acids is 2. The second-order valence-electron chi connectivity index (χ2n) is 5.13. The Balaban J connectivity index is 1.97. The number of hydrogen-bond acceptors (Lipinski definition) is 4. The maximum absolute atomic E-state index is 12.4. The van der Waals surface area contributed by atoms with Gasteiger partial charge in [0, 0.05) is 25.6 Å². The van der Waals surface area contributed by atoms with E-state index in [1.54, 1.807) is 0 Å². The molecule has 1 heterocycles. The zero-order valence-corrected chi connectivity index (χ0v) is 12.0. The van der Waals surface area contributed by atoms with Crippen LogP contribution in [0.1, 0.15) is 12.0 Å². The number of rotatable bonds is 6. The van der Waals surface area contributed by atoms with Crippen molar-refractivity contribution in [3.63, 3.8) is 0 Å². The van der Waals surface area contributed by atoms with Crippen LogP contribution in [-0.2, 0) is 20.9 Å². The maximum Gasteiger partial charge on any atom is 0.237 e. The Morgan fingerprint density at radius 3 is 2.71 bits per heavy atom. The lowest BCUT2D eigenvalue weighted by atomic mass is 10.1. The SMILES string of the molecule is NC(=O)CN(Cc1ccccc1)C(=O)CC1COCCN1. The van der Waals surface area contributed by atoms with E-state index in [1.807, 2.05) is 30.3 Å². The van der Waals surface area contributed by atoms with Crippen LogP contribution in [0.4, 0.5) is 0 Å². The molecular formula is C15H21N3O3. The van der Waals surface area contributed by atoms with Gasteiger partial charge in [-0.1, -0.05) is 30.3 Å².